The van der Waals surface area contributed by atoms with E-state index in [-0.39, 0.29) is 0 Å². The van der Waals surface area contributed by atoms with Crippen molar-refractivity contribution < 1.29 is 13.9 Å². The standard InChI is InChI=1S/C17H12FNO2/c1-21-16-7-6-13(18)9-14(16)17-12(10-20)8-11-4-2-3-5-15(11)19-17/h2-10H,1H3. The molecule has 0 saturated carbocycles. The van der Waals surface area contributed by atoms with Crippen molar-refractivity contribution in [3.8, 4) is 17.0 Å². The minimum Gasteiger partial charge on any atom is -0.496 e. The number of aldehydes is 1. The molecule has 0 N–H and O–H groups in total. The number of para-hydroxylation sites is 1. The molecule has 1 heterocycles. The maximum absolute atomic E-state index is 13.5. The molecule has 1 aromatic heterocycles. The lowest BCUT2D eigenvalue weighted by Gasteiger charge is -2.11. The van der Waals surface area contributed by atoms with Crippen LogP contribution in [0.25, 0.3) is 22.2 Å². The van der Waals surface area contributed by atoms with Gasteiger partial charge in [-0.3, -0.25) is 4.79 Å². The molecule has 0 amide bonds. The maximum atomic E-state index is 13.5. The van der Waals surface area contributed by atoms with E-state index < -0.39 is 5.82 Å². The van der Waals surface area contributed by atoms with E-state index in [1.807, 2.05) is 24.3 Å². The van der Waals surface area contributed by atoms with Gasteiger partial charge in [0.25, 0.3) is 0 Å². The first kappa shape index (κ1) is 13.2. The lowest BCUT2D eigenvalue weighted by molar-refractivity contribution is 0.112. The third-order valence-corrected chi connectivity index (χ3v) is 3.30. The van der Waals surface area contributed by atoms with Crippen LogP contribution < -0.4 is 4.74 Å². The van der Waals surface area contributed by atoms with Crippen LogP contribution in [0.2, 0.25) is 0 Å². The Morgan fingerprint density at radius 3 is 2.71 bits per heavy atom. The number of methoxy groups -OCH3 is 1. The third kappa shape index (κ3) is 2.36. The van der Waals surface area contributed by atoms with Crippen molar-refractivity contribution in [1.82, 2.24) is 4.98 Å². The van der Waals surface area contributed by atoms with E-state index in [2.05, 4.69) is 4.98 Å². The summed E-state index contributed by atoms with van der Waals surface area (Å²) in [6.07, 6.45) is 0.721. The number of aromatic nitrogens is 1. The summed E-state index contributed by atoms with van der Waals surface area (Å²) in [5, 5.41) is 0.860. The normalized spacial score (nSPS) is 10.6. The second-order valence-corrected chi connectivity index (χ2v) is 4.58. The van der Waals surface area contributed by atoms with Gasteiger partial charge in [-0.2, -0.15) is 0 Å². The molecule has 3 aromatic rings. The number of ether oxygens (including phenoxy) is 1. The van der Waals surface area contributed by atoms with Gasteiger partial charge in [0.15, 0.2) is 6.29 Å². The Morgan fingerprint density at radius 1 is 1.14 bits per heavy atom. The second-order valence-electron chi connectivity index (χ2n) is 4.58. The molecule has 0 unspecified atom stereocenters. The highest BCUT2D eigenvalue weighted by Crippen LogP contribution is 2.32. The Hall–Kier alpha value is -2.75. The number of carbonyl (C=O) groups excluding carboxylic acids is 1. The average molecular weight is 281 g/mol. The number of pyridine rings is 1. The highest BCUT2D eigenvalue weighted by Gasteiger charge is 2.14. The molecule has 4 heteroatoms. The number of fused-ring (bicyclic) bond motifs is 1. The van der Waals surface area contributed by atoms with Gasteiger partial charge in [-0.25, -0.2) is 9.37 Å². The summed E-state index contributed by atoms with van der Waals surface area (Å²) in [4.78, 5) is 15.8. The molecule has 2 aromatic carbocycles. The quantitative estimate of drug-likeness (QED) is 0.684. The Kier molecular flexibility index (Phi) is 3.36. The van der Waals surface area contributed by atoms with E-state index >= 15 is 0 Å². The van der Waals surface area contributed by atoms with Gasteiger partial charge in [0.05, 0.1) is 18.3 Å². The predicted molar refractivity (Wildman–Crippen MR) is 79.1 cm³/mol. The fourth-order valence-electron chi connectivity index (χ4n) is 2.30. The molecule has 3 rings (SSSR count). The molecule has 0 aliphatic rings. The van der Waals surface area contributed by atoms with Crippen LogP contribution in [0.5, 0.6) is 5.75 Å². The summed E-state index contributed by atoms with van der Waals surface area (Å²) in [5.41, 5.74) is 2.02. The zero-order valence-corrected chi connectivity index (χ0v) is 11.3. The summed E-state index contributed by atoms with van der Waals surface area (Å²) in [5.74, 6) is 0.0693. The minimum atomic E-state index is -0.405. The summed E-state index contributed by atoms with van der Waals surface area (Å²) in [6.45, 7) is 0. The van der Waals surface area contributed by atoms with E-state index in [1.54, 1.807) is 6.07 Å². The van der Waals surface area contributed by atoms with Crippen LogP contribution in [0.15, 0.2) is 48.5 Å². The molecular formula is C17H12FNO2. The fraction of sp³-hybridized carbons (Fsp3) is 0.0588. The lowest BCUT2D eigenvalue weighted by atomic mass is 10.0. The number of rotatable bonds is 3. The zero-order valence-electron chi connectivity index (χ0n) is 11.3. The smallest absolute Gasteiger partial charge is 0.152 e. The number of benzene rings is 2. The van der Waals surface area contributed by atoms with Crippen LogP contribution >= 0.6 is 0 Å². The van der Waals surface area contributed by atoms with Crippen molar-refractivity contribution in [3.05, 3.63) is 59.9 Å². The molecule has 0 aliphatic carbocycles. The van der Waals surface area contributed by atoms with Gasteiger partial charge in [-0.1, -0.05) is 18.2 Å². The second kappa shape index (κ2) is 5.32. The molecule has 0 spiro atoms. The van der Waals surface area contributed by atoms with Crippen molar-refractivity contribution in [3.63, 3.8) is 0 Å². The number of hydrogen-bond donors (Lipinski definition) is 0. The van der Waals surface area contributed by atoms with Gasteiger partial charge in [-0.15, -0.1) is 0 Å². The van der Waals surface area contributed by atoms with Crippen molar-refractivity contribution >= 4 is 17.2 Å². The van der Waals surface area contributed by atoms with Crippen LogP contribution in [-0.2, 0) is 0 Å². The Labute approximate surface area is 121 Å². The monoisotopic (exact) mass is 281 g/mol. The Balaban J connectivity index is 2.33. The van der Waals surface area contributed by atoms with Gasteiger partial charge >= 0.3 is 0 Å². The first-order valence-corrected chi connectivity index (χ1v) is 6.42. The molecule has 3 nitrogen and oxygen atoms in total. The average Bonchev–Trinajstić information content (AvgIpc) is 2.53. The molecule has 0 saturated heterocycles. The number of halogens is 1. The minimum absolute atomic E-state index is 0.401. The van der Waals surface area contributed by atoms with Crippen molar-refractivity contribution in [2.75, 3.05) is 7.11 Å². The molecule has 104 valence electrons. The molecular weight excluding hydrogens is 269 g/mol. The number of nitrogens with zero attached hydrogens (tertiary/aromatic N) is 1. The first-order chi connectivity index (χ1) is 10.2. The Morgan fingerprint density at radius 2 is 1.95 bits per heavy atom. The van der Waals surface area contributed by atoms with Gasteiger partial charge in [-0.05, 0) is 30.3 Å². The van der Waals surface area contributed by atoms with Gasteiger partial charge in [0.1, 0.15) is 11.6 Å². The predicted octanol–water partition coefficient (Wildman–Crippen LogP) is 3.86. The van der Waals surface area contributed by atoms with E-state index in [9.17, 15) is 9.18 Å². The molecule has 21 heavy (non-hydrogen) atoms. The fourth-order valence-corrected chi connectivity index (χ4v) is 2.30. The van der Waals surface area contributed by atoms with E-state index in [4.69, 9.17) is 4.74 Å². The van der Waals surface area contributed by atoms with Crippen LogP contribution in [0, 0.1) is 5.82 Å². The first-order valence-electron chi connectivity index (χ1n) is 6.42. The Bertz CT molecular complexity index is 830. The SMILES string of the molecule is COc1ccc(F)cc1-c1nc2ccccc2cc1C=O. The van der Waals surface area contributed by atoms with Crippen LogP contribution in [0.1, 0.15) is 10.4 Å². The largest absolute Gasteiger partial charge is 0.496 e. The zero-order chi connectivity index (χ0) is 14.8. The van der Waals surface area contributed by atoms with E-state index in [1.165, 1.54) is 25.3 Å². The highest BCUT2D eigenvalue weighted by atomic mass is 19.1. The molecule has 0 aliphatic heterocycles. The van der Waals surface area contributed by atoms with Crippen molar-refractivity contribution in [2.24, 2.45) is 0 Å². The van der Waals surface area contributed by atoms with Gasteiger partial charge in [0, 0.05) is 16.5 Å². The van der Waals surface area contributed by atoms with E-state index in [0.29, 0.717) is 22.6 Å². The van der Waals surface area contributed by atoms with Crippen molar-refractivity contribution in [1.29, 1.82) is 0 Å². The number of carbonyl (C=O) groups is 1. The number of hydrogen-bond acceptors (Lipinski definition) is 3. The van der Waals surface area contributed by atoms with Crippen LogP contribution in [0.4, 0.5) is 4.39 Å². The maximum Gasteiger partial charge on any atom is 0.152 e. The third-order valence-electron chi connectivity index (χ3n) is 3.30. The lowest BCUT2D eigenvalue weighted by Crippen LogP contribution is -1.96. The summed E-state index contributed by atoms with van der Waals surface area (Å²) < 4.78 is 18.8. The summed E-state index contributed by atoms with van der Waals surface area (Å²) >= 11 is 0. The summed E-state index contributed by atoms with van der Waals surface area (Å²) in [7, 11) is 1.50. The van der Waals surface area contributed by atoms with E-state index in [0.717, 1.165) is 17.2 Å². The highest BCUT2D eigenvalue weighted by molar-refractivity contribution is 5.94. The summed E-state index contributed by atoms with van der Waals surface area (Å²) in [6, 6.07) is 13.4. The molecule has 0 radical (unpaired) electrons. The van der Waals surface area contributed by atoms with Crippen LogP contribution in [-0.4, -0.2) is 18.4 Å². The van der Waals surface area contributed by atoms with Crippen molar-refractivity contribution in [2.45, 2.75) is 0 Å². The van der Waals surface area contributed by atoms with Gasteiger partial charge < -0.3 is 4.74 Å². The van der Waals surface area contributed by atoms with Gasteiger partial charge in [0.2, 0.25) is 0 Å². The molecule has 0 fully saturated rings. The molecule has 0 atom stereocenters. The molecule has 0 bridgehead atoms. The van der Waals surface area contributed by atoms with Crippen LogP contribution in [0.3, 0.4) is 0 Å². The topological polar surface area (TPSA) is 39.2 Å².